The first-order valence-electron chi connectivity index (χ1n) is 8.83. The van der Waals surface area contributed by atoms with E-state index in [9.17, 15) is 18.4 Å². The first-order valence-corrected chi connectivity index (χ1v) is 8.83. The number of halogens is 2. The van der Waals surface area contributed by atoms with Crippen LogP contribution in [0.15, 0.2) is 12.1 Å². The topological polar surface area (TPSA) is 85.7 Å². The summed E-state index contributed by atoms with van der Waals surface area (Å²) in [6, 6.07) is 2.23. The molecule has 1 spiro atoms. The molecule has 2 N–H and O–H groups in total. The number of carbonyl (C=O) groups is 2. The summed E-state index contributed by atoms with van der Waals surface area (Å²) in [6.07, 6.45) is 0.482. The zero-order valence-electron chi connectivity index (χ0n) is 14.8. The number of hydrogen-bond donors (Lipinski definition) is 2. The van der Waals surface area contributed by atoms with Crippen molar-refractivity contribution in [1.29, 1.82) is 5.41 Å². The molecule has 1 aromatic carbocycles. The fourth-order valence-electron chi connectivity index (χ4n) is 3.75. The zero-order valence-corrected chi connectivity index (χ0v) is 14.8. The fraction of sp³-hybridized carbons (Fsp3) is 0.500. The van der Waals surface area contributed by atoms with Gasteiger partial charge in [-0.05, 0) is 12.8 Å². The van der Waals surface area contributed by atoms with E-state index in [0.717, 1.165) is 29.9 Å². The van der Waals surface area contributed by atoms with E-state index >= 15 is 0 Å². The van der Waals surface area contributed by atoms with Gasteiger partial charge in [0.2, 0.25) is 5.91 Å². The molecule has 1 saturated carbocycles. The maximum atomic E-state index is 14.7. The van der Waals surface area contributed by atoms with Crippen molar-refractivity contribution in [2.75, 3.05) is 36.0 Å². The van der Waals surface area contributed by atoms with Crippen molar-refractivity contribution in [3.05, 3.63) is 23.8 Å². The Balaban J connectivity index is 1.53. The number of nitrogens with one attached hydrogen (secondary N) is 2. The van der Waals surface area contributed by atoms with Gasteiger partial charge >= 0.3 is 6.09 Å². The van der Waals surface area contributed by atoms with Crippen LogP contribution < -0.4 is 15.1 Å². The lowest BCUT2D eigenvalue weighted by Crippen LogP contribution is -2.33. The number of ether oxygens (including phenoxy) is 1. The lowest BCUT2D eigenvalue weighted by Gasteiger charge is -2.21. The molecular weight excluding hydrogens is 358 g/mol. The lowest BCUT2D eigenvalue weighted by atomic mass is 10.1. The molecule has 144 valence electrons. The van der Waals surface area contributed by atoms with Gasteiger partial charge in [-0.2, -0.15) is 0 Å². The highest BCUT2D eigenvalue weighted by Crippen LogP contribution is 2.51. The minimum Gasteiger partial charge on any atom is -0.442 e. The highest BCUT2D eigenvalue weighted by atomic mass is 19.1. The van der Waals surface area contributed by atoms with Gasteiger partial charge in [0.05, 0.1) is 25.3 Å². The van der Waals surface area contributed by atoms with E-state index in [1.165, 1.54) is 6.92 Å². The van der Waals surface area contributed by atoms with E-state index in [2.05, 4.69) is 5.32 Å². The largest absolute Gasteiger partial charge is 0.442 e. The van der Waals surface area contributed by atoms with Gasteiger partial charge in [0, 0.05) is 36.7 Å². The summed E-state index contributed by atoms with van der Waals surface area (Å²) in [5.41, 5.74) is 0.233. The van der Waals surface area contributed by atoms with E-state index in [4.69, 9.17) is 10.1 Å². The molecule has 3 aliphatic rings. The monoisotopic (exact) mass is 378 g/mol. The van der Waals surface area contributed by atoms with E-state index in [-0.39, 0.29) is 42.3 Å². The number of nitrogens with zero attached hydrogens (tertiary/aromatic N) is 2. The van der Waals surface area contributed by atoms with Crippen LogP contribution in [0.2, 0.25) is 0 Å². The average molecular weight is 378 g/mol. The van der Waals surface area contributed by atoms with Crippen LogP contribution in [-0.4, -0.2) is 50.0 Å². The molecule has 3 fully saturated rings. The molecule has 0 bridgehead atoms. The second-order valence-electron chi connectivity index (χ2n) is 7.43. The number of anilines is 2. The highest BCUT2D eigenvalue weighted by molar-refractivity contribution is 5.97. The van der Waals surface area contributed by atoms with Gasteiger partial charge in [0.1, 0.15) is 11.8 Å². The molecule has 2 aliphatic heterocycles. The molecule has 9 heteroatoms. The number of carbonyl (C=O) groups excluding carboxylic acids is 2. The van der Waals surface area contributed by atoms with Crippen LogP contribution in [0.5, 0.6) is 0 Å². The predicted octanol–water partition coefficient (Wildman–Crippen LogP) is 2.05. The Morgan fingerprint density at radius 3 is 2.59 bits per heavy atom. The molecule has 1 atom stereocenters. The normalized spacial score (nSPS) is 23.1. The van der Waals surface area contributed by atoms with Crippen LogP contribution in [0, 0.1) is 22.5 Å². The molecule has 2 amide bonds. The summed E-state index contributed by atoms with van der Waals surface area (Å²) in [4.78, 5) is 25.7. The molecule has 2 saturated heterocycles. The molecule has 1 unspecified atom stereocenters. The lowest BCUT2D eigenvalue weighted by molar-refractivity contribution is -0.119. The van der Waals surface area contributed by atoms with Crippen LogP contribution >= 0.6 is 0 Å². The van der Waals surface area contributed by atoms with Crippen LogP contribution in [0.1, 0.15) is 19.8 Å². The Kier molecular flexibility index (Phi) is 4.05. The Morgan fingerprint density at radius 2 is 2.04 bits per heavy atom. The minimum absolute atomic E-state index is 0.0690. The molecule has 4 rings (SSSR count). The van der Waals surface area contributed by atoms with Crippen molar-refractivity contribution < 1.29 is 23.1 Å². The molecule has 27 heavy (non-hydrogen) atoms. The molecule has 0 radical (unpaired) electrons. The van der Waals surface area contributed by atoms with Crippen molar-refractivity contribution in [2.24, 2.45) is 5.41 Å². The van der Waals surface area contributed by atoms with Gasteiger partial charge in [-0.15, -0.1) is 0 Å². The van der Waals surface area contributed by atoms with E-state index in [1.54, 1.807) is 4.90 Å². The van der Waals surface area contributed by atoms with E-state index < -0.39 is 23.8 Å². The first-order chi connectivity index (χ1) is 12.8. The predicted molar refractivity (Wildman–Crippen MR) is 94.3 cm³/mol. The first kappa shape index (κ1) is 17.7. The third-order valence-corrected chi connectivity index (χ3v) is 5.42. The van der Waals surface area contributed by atoms with Crippen LogP contribution in [0.3, 0.4) is 0 Å². The number of rotatable bonds is 4. The molecule has 1 aromatic rings. The van der Waals surface area contributed by atoms with Crippen LogP contribution in [-0.2, 0) is 9.53 Å². The molecule has 1 aliphatic carbocycles. The van der Waals surface area contributed by atoms with Gasteiger partial charge in [-0.1, -0.05) is 0 Å². The summed E-state index contributed by atoms with van der Waals surface area (Å²) < 4.78 is 34.5. The van der Waals surface area contributed by atoms with Crippen molar-refractivity contribution in [1.82, 2.24) is 5.32 Å². The van der Waals surface area contributed by atoms with Gasteiger partial charge in [0.25, 0.3) is 0 Å². The summed E-state index contributed by atoms with van der Waals surface area (Å²) in [6.45, 7) is 2.25. The molecule has 0 aromatic heterocycles. The highest BCUT2D eigenvalue weighted by Gasteiger charge is 2.53. The smallest absolute Gasteiger partial charge is 0.414 e. The third-order valence-electron chi connectivity index (χ3n) is 5.42. The molecule has 2 heterocycles. The summed E-state index contributed by atoms with van der Waals surface area (Å²) >= 11 is 0. The summed E-state index contributed by atoms with van der Waals surface area (Å²) in [5.74, 6) is -1.79. The average Bonchev–Trinajstić information content (AvgIpc) is 3.16. The second-order valence-corrected chi connectivity index (χ2v) is 7.43. The molecule has 7 nitrogen and oxygen atoms in total. The zero-order chi connectivity index (χ0) is 19.3. The number of amides is 2. The van der Waals surface area contributed by atoms with Gasteiger partial charge in [-0.3, -0.25) is 9.69 Å². The van der Waals surface area contributed by atoms with Gasteiger partial charge < -0.3 is 20.4 Å². The third kappa shape index (κ3) is 3.11. The van der Waals surface area contributed by atoms with Crippen molar-refractivity contribution in [2.45, 2.75) is 25.9 Å². The number of benzene rings is 1. The maximum Gasteiger partial charge on any atom is 0.414 e. The maximum absolute atomic E-state index is 14.7. The van der Waals surface area contributed by atoms with Crippen LogP contribution in [0.4, 0.5) is 25.0 Å². The van der Waals surface area contributed by atoms with Crippen molar-refractivity contribution >= 4 is 29.1 Å². The molecular formula is C18H20F2N4O3. The number of hydrogen-bond acceptors (Lipinski definition) is 5. The van der Waals surface area contributed by atoms with Gasteiger partial charge in [0.15, 0.2) is 11.6 Å². The standard InChI is InChI=1S/C18H20F2N4O3/c1-10(25)22-6-12-7-24(17(26)27-12)11-4-13(19)16(14(20)5-11)23-8-15(21)18(9-23)2-3-18/h4-5,12,21H,2-3,6-9H2,1H3,(H,22,25). The Morgan fingerprint density at radius 1 is 1.37 bits per heavy atom. The summed E-state index contributed by atoms with van der Waals surface area (Å²) in [5, 5.41) is 10.6. The van der Waals surface area contributed by atoms with E-state index in [0.29, 0.717) is 12.3 Å². The fourth-order valence-corrected chi connectivity index (χ4v) is 3.75. The minimum atomic E-state index is -0.770. The van der Waals surface area contributed by atoms with Gasteiger partial charge in [-0.25, -0.2) is 13.6 Å². The SMILES string of the molecule is CC(=O)NCC1CN(c2cc(F)c(N3CC(=N)C4(CC4)C3)c(F)c2)C(=O)O1. The Bertz CT molecular complexity index is 817. The Labute approximate surface area is 154 Å². The summed E-state index contributed by atoms with van der Waals surface area (Å²) in [7, 11) is 0. The Hall–Kier alpha value is -2.71. The van der Waals surface area contributed by atoms with Crippen molar-refractivity contribution in [3.63, 3.8) is 0 Å². The number of cyclic esters (lactones) is 1. The van der Waals surface area contributed by atoms with E-state index in [1.807, 2.05) is 0 Å². The van der Waals surface area contributed by atoms with Crippen molar-refractivity contribution in [3.8, 4) is 0 Å². The van der Waals surface area contributed by atoms with Crippen LogP contribution in [0.25, 0.3) is 0 Å². The quantitative estimate of drug-likeness (QED) is 0.840. The second kappa shape index (κ2) is 6.17.